The van der Waals surface area contributed by atoms with E-state index in [0.717, 1.165) is 42.1 Å². The zero-order chi connectivity index (χ0) is 19.5. The van der Waals surface area contributed by atoms with Crippen molar-refractivity contribution >= 4 is 17.2 Å². The summed E-state index contributed by atoms with van der Waals surface area (Å²) in [6, 6.07) is 9.40. The fraction of sp³-hybridized carbons (Fsp3) is 0.238. The van der Waals surface area contributed by atoms with Gasteiger partial charge in [0.1, 0.15) is 5.82 Å². The van der Waals surface area contributed by atoms with Gasteiger partial charge in [-0.2, -0.15) is 0 Å². The number of rotatable bonds is 5. The molecule has 7 nitrogen and oxygen atoms in total. The smallest absolute Gasteiger partial charge is 0.129 e. The molecule has 4 rings (SSSR count). The number of hydrogen-bond donors (Lipinski definition) is 2. The van der Waals surface area contributed by atoms with Gasteiger partial charge in [-0.05, 0) is 36.8 Å². The van der Waals surface area contributed by atoms with E-state index < -0.39 is 0 Å². The van der Waals surface area contributed by atoms with Crippen molar-refractivity contribution in [2.24, 2.45) is 0 Å². The molecule has 28 heavy (non-hydrogen) atoms. The van der Waals surface area contributed by atoms with Crippen LogP contribution in [0.3, 0.4) is 0 Å². The quantitative estimate of drug-likeness (QED) is 0.666. The van der Waals surface area contributed by atoms with Crippen molar-refractivity contribution in [2.75, 3.05) is 30.8 Å². The van der Waals surface area contributed by atoms with Gasteiger partial charge in [0.15, 0.2) is 0 Å². The Hall–Kier alpha value is -3.32. The van der Waals surface area contributed by atoms with Gasteiger partial charge in [0.2, 0.25) is 0 Å². The van der Waals surface area contributed by atoms with Gasteiger partial charge in [-0.25, -0.2) is 4.98 Å². The van der Waals surface area contributed by atoms with Gasteiger partial charge >= 0.3 is 0 Å². The number of hydrogen-bond acceptors (Lipinski definition) is 7. The van der Waals surface area contributed by atoms with Crippen molar-refractivity contribution in [3.8, 4) is 11.3 Å². The van der Waals surface area contributed by atoms with E-state index in [2.05, 4.69) is 19.9 Å². The number of methoxy groups -OCH3 is 1. The second-order valence-electron chi connectivity index (χ2n) is 6.77. The highest BCUT2D eigenvalue weighted by Gasteiger charge is 2.23. The van der Waals surface area contributed by atoms with E-state index >= 15 is 0 Å². The third-order valence-electron chi connectivity index (χ3n) is 5.00. The van der Waals surface area contributed by atoms with Gasteiger partial charge in [-0.3, -0.25) is 15.4 Å². The topological polar surface area (TPSA) is 101 Å². The van der Waals surface area contributed by atoms with E-state index in [0.29, 0.717) is 17.0 Å². The molecule has 0 aromatic carbocycles. The summed E-state index contributed by atoms with van der Waals surface area (Å²) in [6.45, 7) is 1.70. The molecule has 1 unspecified atom stereocenters. The predicted molar refractivity (Wildman–Crippen MR) is 110 cm³/mol. The van der Waals surface area contributed by atoms with Crippen LogP contribution in [0.4, 0.5) is 11.5 Å². The van der Waals surface area contributed by atoms with Crippen LogP contribution in [0.2, 0.25) is 0 Å². The summed E-state index contributed by atoms with van der Waals surface area (Å²) in [5, 5.41) is 8.72. The summed E-state index contributed by atoms with van der Waals surface area (Å²) in [7, 11) is 1.74. The van der Waals surface area contributed by atoms with E-state index in [4.69, 9.17) is 15.9 Å². The molecule has 3 aromatic rings. The average Bonchev–Trinajstić information content (AvgIpc) is 3.24. The lowest BCUT2D eigenvalue weighted by molar-refractivity contribution is 0.121. The van der Waals surface area contributed by atoms with Crippen LogP contribution >= 0.6 is 0 Å². The Labute approximate surface area is 163 Å². The van der Waals surface area contributed by atoms with Crippen LogP contribution in [0.15, 0.2) is 55.1 Å². The number of anilines is 2. The minimum absolute atomic E-state index is 0.225. The van der Waals surface area contributed by atoms with E-state index in [-0.39, 0.29) is 6.10 Å². The highest BCUT2D eigenvalue weighted by Crippen LogP contribution is 2.25. The molecule has 4 heterocycles. The van der Waals surface area contributed by atoms with Gasteiger partial charge in [0.05, 0.1) is 29.4 Å². The fourth-order valence-electron chi connectivity index (χ4n) is 3.39. The Morgan fingerprint density at radius 2 is 2.11 bits per heavy atom. The van der Waals surface area contributed by atoms with Crippen molar-refractivity contribution in [3.63, 3.8) is 0 Å². The molecule has 7 heteroatoms. The van der Waals surface area contributed by atoms with Crippen molar-refractivity contribution in [2.45, 2.75) is 12.5 Å². The molecule has 0 radical (unpaired) electrons. The summed E-state index contributed by atoms with van der Waals surface area (Å²) in [4.78, 5) is 15.2. The monoisotopic (exact) mass is 374 g/mol. The van der Waals surface area contributed by atoms with Crippen LogP contribution in [0.1, 0.15) is 17.5 Å². The van der Waals surface area contributed by atoms with E-state index in [1.54, 1.807) is 31.9 Å². The molecule has 0 spiro atoms. The zero-order valence-corrected chi connectivity index (χ0v) is 15.7. The Bertz CT molecular complexity index is 991. The van der Waals surface area contributed by atoms with Crippen LogP contribution in [0.5, 0.6) is 0 Å². The molecule has 0 saturated carbocycles. The molecule has 0 amide bonds. The number of aromatic nitrogens is 3. The predicted octanol–water partition coefficient (Wildman–Crippen LogP) is 2.76. The maximum Gasteiger partial charge on any atom is 0.129 e. The molecule has 3 aromatic heterocycles. The SMILES string of the molecule is COC1CCN(c2cc(C(=N)c3cc(-c4cccnc4)ncc3N)ccn2)C1. The summed E-state index contributed by atoms with van der Waals surface area (Å²) >= 11 is 0. The zero-order valence-electron chi connectivity index (χ0n) is 15.7. The van der Waals surface area contributed by atoms with Gasteiger partial charge in [0, 0.05) is 55.5 Å². The lowest BCUT2D eigenvalue weighted by atomic mass is 10.0. The number of nitrogens with two attached hydrogens (primary N) is 1. The lowest BCUT2D eigenvalue weighted by Crippen LogP contribution is -2.23. The number of pyridine rings is 3. The highest BCUT2D eigenvalue weighted by molar-refractivity contribution is 6.14. The van der Waals surface area contributed by atoms with Gasteiger partial charge in [-0.15, -0.1) is 0 Å². The summed E-state index contributed by atoms with van der Waals surface area (Å²) < 4.78 is 5.44. The van der Waals surface area contributed by atoms with Crippen molar-refractivity contribution in [3.05, 3.63) is 66.2 Å². The summed E-state index contributed by atoms with van der Waals surface area (Å²) in [6.07, 6.45) is 8.00. The van der Waals surface area contributed by atoms with Gasteiger partial charge in [-0.1, -0.05) is 0 Å². The normalized spacial score (nSPS) is 16.3. The van der Waals surface area contributed by atoms with E-state index in [1.165, 1.54) is 0 Å². The van der Waals surface area contributed by atoms with Crippen molar-refractivity contribution < 1.29 is 4.74 Å². The van der Waals surface area contributed by atoms with Crippen molar-refractivity contribution in [1.82, 2.24) is 15.0 Å². The molecule has 1 atom stereocenters. The standard InChI is InChI=1S/C21H22N6O/c1-28-16-5-8-27(13-16)20-9-14(4-7-25-20)21(23)17-10-19(26-12-18(17)22)15-3-2-6-24-11-15/h2-4,6-7,9-12,16,23H,5,8,13,22H2,1H3. The van der Waals surface area contributed by atoms with Crippen LogP contribution in [0, 0.1) is 5.41 Å². The molecule has 1 fully saturated rings. The Kier molecular flexibility index (Phi) is 4.99. The van der Waals surface area contributed by atoms with E-state index in [1.807, 2.05) is 30.3 Å². The van der Waals surface area contributed by atoms with Gasteiger partial charge in [0.25, 0.3) is 0 Å². The van der Waals surface area contributed by atoms with Crippen LogP contribution in [-0.4, -0.2) is 47.0 Å². The number of nitrogens with zero attached hydrogens (tertiary/aromatic N) is 4. The van der Waals surface area contributed by atoms with E-state index in [9.17, 15) is 0 Å². The number of nitrogen functional groups attached to an aromatic ring is 1. The third kappa shape index (κ3) is 3.57. The lowest BCUT2D eigenvalue weighted by Gasteiger charge is -2.18. The third-order valence-corrected chi connectivity index (χ3v) is 5.00. The Morgan fingerprint density at radius 3 is 2.86 bits per heavy atom. The molecule has 1 saturated heterocycles. The average molecular weight is 374 g/mol. The van der Waals surface area contributed by atoms with Crippen molar-refractivity contribution in [1.29, 1.82) is 5.41 Å². The molecule has 1 aliphatic rings. The first kappa shape index (κ1) is 18.1. The first-order valence-corrected chi connectivity index (χ1v) is 9.14. The van der Waals surface area contributed by atoms with Gasteiger partial charge < -0.3 is 15.4 Å². The Morgan fingerprint density at radius 1 is 1.21 bits per heavy atom. The second kappa shape index (κ2) is 7.74. The molecule has 1 aliphatic heterocycles. The molecule has 0 aliphatic carbocycles. The van der Waals surface area contributed by atoms with Crippen LogP contribution < -0.4 is 10.6 Å². The molecular weight excluding hydrogens is 352 g/mol. The maximum atomic E-state index is 8.72. The second-order valence-corrected chi connectivity index (χ2v) is 6.77. The molecule has 0 bridgehead atoms. The molecule has 3 N–H and O–H groups in total. The molecule has 142 valence electrons. The van der Waals surface area contributed by atoms with Crippen LogP contribution in [-0.2, 0) is 4.74 Å². The summed E-state index contributed by atoms with van der Waals surface area (Å²) in [5.41, 5.74) is 9.98. The number of nitrogens with one attached hydrogen (secondary N) is 1. The first-order chi connectivity index (χ1) is 13.7. The van der Waals surface area contributed by atoms with Crippen LogP contribution in [0.25, 0.3) is 11.3 Å². The minimum Gasteiger partial charge on any atom is -0.397 e. The maximum absolute atomic E-state index is 8.72. The fourth-order valence-corrected chi connectivity index (χ4v) is 3.39. The number of ether oxygens (including phenoxy) is 1. The Balaban J connectivity index is 1.64. The first-order valence-electron chi connectivity index (χ1n) is 9.14. The minimum atomic E-state index is 0.225. The molecular formula is C21H22N6O. The summed E-state index contributed by atoms with van der Waals surface area (Å²) in [5.74, 6) is 0.849. The highest BCUT2D eigenvalue weighted by atomic mass is 16.5. The largest absolute Gasteiger partial charge is 0.397 e.